The summed E-state index contributed by atoms with van der Waals surface area (Å²) in [5.41, 5.74) is -0.381. The fourth-order valence-electron chi connectivity index (χ4n) is 2.32. The molecular weight excluding hydrogens is 266 g/mol. The van der Waals surface area contributed by atoms with Gasteiger partial charge in [-0.05, 0) is 73.3 Å². The largest absolute Gasteiger partial charge is 0.442 e. The van der Waals surface area contributed by atoms with Gasteiger partial charge in [-0.3, -0.25) is 0 Å². The number of carbonyl (C=O) groups excluding carboxylic acids is 1. The van der Waals surface area contributed by atoms with Crippen LogP contribution < -0.4 is 5.32 Å². The van der Waals surface area contributed by atoms with Crippen molar-refractivity contribution in [3.05, 3.63) is 12.2 Å². The van der Waals surface area contributed by atoms with Crippen molar-refractivity contribution >= 4 is 6.09 Å². The Morgan fingerprint density at radius 1 is 1.14 bits per heavy atom. The lowest BCUT2D eigenvalue weighted by molar-refractivity contribution is -0.0633. The quantitative estimate of drug-likeness (QED) is 0.777. The maximum Gasteiger partial charge on any atom is 0.408 e. The number of hydrogen-bond acceptors (Lipinski definition) is 3. The highest BCUT2D eigenvalue weighted by atomic mass is 16.6. The molecule has 0 aromatic rings. The third-order valence-electron chi connectivity index (χ3n) is 3.02. The van der Waals surface area contributed by atoms with Crippen LogP contribution in [0.5, 0.6) is 0 Å². The second-order valence-electron chi connectivity index (χ2n) is 7.77. The van der Waals surface area contributed by atoms with E-state index in [0.29, 0.717) is 0 Å². The highest BCUT2D eigenvalue weighted by molar-refractivity contribution is 5.68. The van der Waals surface area contributed by atoms with E-state index >= 15 is 0 Å². The van der Waals surface area contributed by atoms with Gasteiger partial charge < -0.3 is 14.8 Å². The SMILES string of the molecule is CC(C)(C)NC(=O)OC1/C=C/CC(OC(C)(C)C)CCC1. The average molecular weight is 297 g/mol. The lowest BCUT2D eigenvalue weighted by Gasteiger charge is -2.29. The lowest BCUT2D eigenvalue weighted by Crippen LogP contribution is -2.42. The van der Waals surface area contributed by atoms with Crippen molar-refractivity contribution in [3.8, 4) is 0 Å². The molecule has 0 aromatic heterocycles. The fourth-order valence-corrected chi connectivity index (χ4v) is 2.32. The molecule has 2 unspecified atom stereocenters. The minimum Gasteiger partial charge on any atom is -0.442 e. The first-order valence-corrected chi connectivity index (χ1v) is 7.88. The Balaban J connectivity index is 2.46. The number of alkyl carbamates (subject to hydrolysis) is 1. The number of amides is 1. The molecule has 0 fully saturated rings. The van der Waals surface area contributed by atoms with Crippen molar-refractivity contribution in [2.24, 2.45) is 0 Å². The highest BCUT2D eigenvalue weighted by Gasteiger charge is 2.22. The second-order valence-corrected chi connectivity index (χ2v) is 7.77. The van der Waals surface area contributed by atoms with Crippen LogP contribution in [-0.2, 0) is 9.47 Å². The van der Waals surface area contributed by atoms with E-state index in [2.05, 4.69) is 32.2 Å². The van der Waals surface area contributed by atoms with Gasteiger partial charge in [0.1, 0.15) is 6.10 Å². The fraction of sp³-hybridized carbons (Fsp3) is 0.824. The zero-order chi connectivity index (χ0) is 16.1. The molecule has 2 atom stereocenters. The van der Waals surface area contributed by atoms with Crippen LogP contribution in [-0.4, -0.2) is 29.4 Å². The Bertz CT molecular complexity index is 363. The van der Waals surface area contributed by atoms with Crippen molar-refractivity contribution in [1.29, 1.82) is 0 Å². The normalized spacial score (nSPS) is 25.6. The molecular formula is C17H31NO3. The van der Waals surface area contributed by atoms with Crippen molar-refractivity contribution in [3.63, 3.8) is 0 Å². The van der Waals surface area contributed by atoms with E-state index < -0.39 is 0 Å². The van der Waals surface area contributed by atoms with Crippen LogP contribution in [0.4, 0.5) is 4.79 Å². The standard InChI is InChI=1S/C17H31NO3/c1-16(2,3)18-15(19)20-13-9-7-11-14(12-8-10-13)21-17(4,5)6/h7,9,13-14H,8,10-12H2,1-6H3,(H,18,19)/b9-7+. The van der Waals surface area contributed by atoms with Gasteiger partial charge in [-0.2, -0.15) is 0 Å². The molecule has 1 aliphatic rings. The van der Waals surface area contributed by atoms with Crippen LogP contribution in [0.25, 0.3) is 0 Å². The van der Waals surface area contributed by atoms with Crippen LogP contribution in [0.1, 0.15) is 67.2 Å². The van der Waals surface area contributed by atoms with Gasteiger partial charge in [0.2, 0.25) is 0 Å². The van der Waals surface area contributed by atoms with E-state index in [-0.39, 0.29) is 29.4 Å². The minimum absolute atomic E-state index is 0.111. The van der Waals surface area contributed by atoms with Gasteiger partial charge >= 0.3 is 6.09 Å². The summed E-state index contributed by atoms with van der Waals surface area (Å²) >= 11 is 0. The Kier molecular flexibility index (Phi) is 6.26. The van der Waals surface area contributed by atoms with Crippen LogP contribution in [0.15, 0.2) is 12.2 Å². The van der Waals surface area contributed by atoms with E-state index in [1.807, 2.05) is 26.8 Å². The molecule has 0 saturated carbocycles. The predicted octanol–water partition coefficient (Wildman–Crippen LogP) is 4.19. The molecule has 0 aromatic carbocycles. The summed E-state index contributed by atoms with van der Waals surface area (Å²) < 4.78 is 11.5. The summed E-state index contributed by atoms with van der Waals surface area (Å²) in [6.07, 6.45) is 7.55. The summed E-state index contributed by atoms with van der Waals surface area (Å²) in [6, 6.07) is 0. The molecule has 0 saturated heterocycles. The molecule has 4 nitrogen and oxygen atoms in total. The molecule has 1 N–H and O–H groups in total. The van der Waals surface area contributed by atoms with Gasteiger partial charge in [-0.15, -0.1) is 0 Å². The number of rotatable bonds is 2. The molecule has 1 amide bonds. The molecule has 4 heteroatoms. The second kappa shape index (κ2) is 7.30. The van der Waals surface area contributed by atoms with E-state index in [1.165, 1.54) is 0 Å². The molecule has 0 spiro atoms. The van der Waals surface area contributed by atoms with E-state index in [0.717, 1.165) is 25.7 Å². The smallest absolute Gasteiger partial charge is 0.408 e. The Hall–Kier alpha value is -1.03. The first kappa shape index (κ1) is 18.0. The molecule has 0 heterocycles. The summed E-state index contributed by atoms with van der Waals surface area (Å²) in [5.74, 6) is 0. The van der Waals surface area contributed by atoms with E-state index in [9.17, 15) is 4.79 Å². The third-order valence-corrected chi connectivity index (χ3v) is 3.02. The lowest BCUT2D eigenvalue weighted by atomic mass is 10.0. The van der Waals surface area contributed by atoms with Gasteiger partial charge in [-0.1, -0.05) is 6.08 Å². The van der Waals surface area contributed by atoms with Crippen molar-refractivity contribution < 1.29 is 14.3 Å². The zero-order valence-electron chi connectivity index (χ0n) is 14.4. The van der Waals surface area contributed by atoms with E-state index in [1.54, 1.807) is 0 Å². The monoisotopic (exact) mass is 297 g/mol. The van der Waals surface area contributed by atoms with Crippen molar-refractivity contribution in [1.82, 2.24) is 5.32 Å². The molecule has 1 rings (SSSR count). The Morgan fingerprint density at radius 2 is 1.81 bits per heavy atom. The maximum atomic E-state index is 11.8. The molecule has 0 bridgehead atoms. The number of ether oxygens (including phenoxy) is 2. The topological polar surface area (TPSA) is 47.6 Å². The van der Waals surface area contributed by atoms with Gasteiger partial charge in [0.25, 0.3) is 0 Å². The van der Waals surface area contributed by atoms with Gasteiger partial charge in [0, 0.05) is 5.54 Å². The summed E-state index contributed by atoms with van der Waals surface area (Å²) in [4.78, 5) is 11.8. The van der Waals surface area contributed by atoms with E-state index in [4.69, 9.17) is 9.47 Å². The number of nitrogens with one attached hydrogen (secondary N) is 1. The van der Waals surface area contributed by atoms with Crippen molar-refractivity contribution in [2.75, 3.05) is 0 Å². The summed E-state index contributed by atoms with van der Waals surface area (Å²) in [5, 5.41) is 2.82. The van der Waals surface area contributed by atoms with Gasteiger partial charge in [0.15, 0.2) is 0 Å². The van der Waals surface area contributed by atoms with Crippen LogP contribution in [0.2, 0.25) is 0 Å². The van der Waals surface area contributed by atoms with Gasteiger partial charge in [0.05, 0.1) is 11.7 Å². The van der Waals surface area contributed by atoms with Crippen LogP contribution in [0.3, 0.4) is 0 Å². The molecule has 0 aliphatic heterocycles. The molecule has 122 valence electrons. The Morgan fingerprint density at radius 3 is 2.38 bits per heavy atom. The zero-order valence-corrected chi connectivity index (χ0v) is 14.4. The first-order chi connectivity index (χ1) is 9.55. The third kappa shape index (κ3) is 8.76. The first-order valence-electron chi connectivity index (χ1n) is 7.88. The molecule has 1 aliphatic carbocycles. The average Bonchev–Trinajstić information content (AvgIpc) is 2.20. The minimum atomic E-state index is -0.347. The highest BCUT2D eigenvalue weighted by Crippen LogP contribution is 2.22. The van der Waals surface area contributed by atoms with Crippen molar-refractivity contribution in [2.45, 2.75) is 90.6 Å². The Labute approximate surface area is 129 Å². The molecule has 21 heavy (non-hydrogen) atoms. The summed E-state index contributed by atoms with van der Waals surface area (Å²) in [7, 11) is 0. The molecule has 0 radical (unpaired) electrons. The van der Waals surface area contributed by atoms with Crippen LogP contribution in [0, 0.1) is 0 Å². The number of hydrogen-bond donors (Lipinski definition) is 1. The summed E-state index contributed by atoms with van der Waals surface area (Å²) in [6.45, 7) is 12.1. The number of carbonyl (C=O) groups is 1. The van der Waals surface area contributed by atoms with Crippen LogP contribution >= 0.6 is 0 Å². The maximum absolute atomic E-state index is 11.8. The predicted molar refractivity (Wildman–Crippen MR) is 85.4 cm³/mol. The van der Waals surface area contributed by atoms with Gasteiger partial charge in [-0.25, -0.2) is 4.79 Å².